The highest BCUT2D eigenvalue weighted by molar-refractivity contribution is 7.99. The first-order valence-corrected chi connectivity index (χ1v) is 10.5. The maximum Gasteiger partial charge on any atom is 0.260 e. The smallest absolute Gasteiger partial charge is 0.260 e. The number of hydrogen-bond donors (Lipinski definition) is 0. The van der Waals surface area contributed by atoms with E-state index in [0.29, 0.717) is 24.7 Å². The zero-order chi connectivity index (χ0) is 20.9. The maximum atomic E-state index is 12.2. The lowest BCUT2D eigenvalue weighted by Crippen LogP contribution is -2.27. The van der Waals surface area contributed by atoms with Crippen LogP contribution in [0.3, 0.4) is 0 Å². The van der Waals surface area contributed by atoms with Crippen molar-refractivity contribution in [3.8, 4) is 11.5 Å². The molecule has 0 saturated carbocycles. The normalized spacial score (nSPS) is 17.4. The zero-order valence-corrected chi connectivity index (χ0v) is 17.5. The summed E-state index contributed by atoms with van der Waals surface area (Å²) in [4.78, 5) is 20.9. The van der Waals surface area contributed by atoms with Gasteiger partial charge in [0, 0.05) is 6.54 Å². The second kappa shape index (κ2) is 9.08. The average Bonchev–Trinajstić information content (AvgIpc) is 3.18. The van der Waals surface area contributed by atoms with Gasteiger partial charge in [0.05, 0.1) is 18.6 Å². The number of aliphatic imine (C=N–C) groups is 2. The van der Waals surface area contributed by atoms with Crippen molar-refractivity contribution in [2.45, 2.75) is 25.2 Å². The Hall–Kier alpha value is -3.20. The van der Waals surface area contributed by atoms with Crippen molar-refractivity contribution >= 4 is 29.2 Å². The highest BCUT2D eigenvalue weighted by atomic mass is 32.2. The van der Waals surface area contributed by atoms with Gasteiger partial charge in [0.15, 0.2) is 11.0 Å². The molecule has 8 nitrogen and oxygen atoms in total. The number of fused-ring (bicyclic) bond motifs is 1. The monoisotopic (exact) mass is 423 g/mol. The molecule has 1 amide bonds. The van der Waals surface area contributed by atoms with Gasteiger partial charge in [0.2, 0.25) is 0 Å². The number of rotatable bonds is 8. The number of benzene rings is 1. The molecule has 1 aromatic carbocycles. The average molecular weight is 423 g/mol. The molecular formula is C21H21N5O3S. The van der Waals surface area contributed by atoms with Gasteiger partial charge in [-0.25, -0.2) is 4.99 Å². The molecule has 0 radical (unpaired) electrons. The van der Waals surface area contributed by atoms with Crippen LogP contribution in [-0.4, -0.2) is 45.1 Å². The molecule has 1 aliphatic carbocycles. The van der Waals surface area contributed by atoms with Gasteiger partial charge in [-0.15, -0.1) is 10.2 Å². The summed E-state index contributed by atoms with van der Waals surface area (Å²) in [6, 6.07) is 7.38. The van der Waals surface area contributed by atoms with E-state index in [2.05, 4.69) is 20.2 Å². The molecule has 30 heavy (non-hydrogen) atoms. The minimum absolute atomic E-state index is 0.179. The summed E-state index contributed by atoms with van der Waals surface area (Å²) in [7, 11) is 1.63. The fourth-order valence-electron chi connectivity index (χ4n) is 3.08. The number of aromatic nitrogens is 3. The second-order valence-corrected chi connectivity index (χ2v) is 7.46. The lowest BCUT2D eigenvalue weighted by molar-refractivity contribution is -0.118. The van der Waals surface area contributed by atoms with Crippen molar-refractivity contribution in [2.75, 3.05) is 12.9 Å². The highest BCUT2D eigenvalue weighted by Crippen LogP contribution is 2.23. The van der Waals surface area contributed by atoms with Gasteiger partial charge >= 0.3 is 0 Å². The number of carbonyl (C=O) groups excluding carboxylic acids is 1. The molecule has 0 fully saturated rings. The Labute approximate surface area is 178 Å². The number of allylic oxidation sites excluding steroid dienone is 3. The van der Waals surface area contributed by atoms with E-state index in [1.165, 1.54) is 11.8 Å². The molecule has 1 aromatic heterocycles. The van der Waals surface area contributed by atoms with Gasteiger partial charge in [0.1, 0.15) is 29.9 Å². The van der Waals surface area contributed by atoms with Crippen molar-refractivity contribution in [3.05, 3.63) is 54.4 Å². The number of amidine groups is 1. The number of hydrogen-bond acceptors (Lipinski definition) is 7. The largest absolute Gasteiger partial charge is 0.497 e. The van der Waals surface area contributed by atoms with Gasteiger partial charge in [-0.05, 0) is 37.3 Å². The van der Waals surface area contributed by atoms with Gasteiger partial charge in [0.25, 0.3) is 5.91 Å². The summed E-state index contributed by atoms with van der Waals surface area (Å²) in [5, 5.41) is 9.27. The number of carbonyl (C=O) groups is 1. The fraction of sp³-hybridized carbons (Fsp3) is 0.286. The first-order chi connectivity index (χ1) is 14.7. The SMILES string of the molecule is CCn1c(COc2ccc(OC)cc2)nnc1SCC1=NC(=O)C2C=CC=CC2=N1. The van der Waals surface area contributed by atoms with Crippen LogP contribution in [0.4, 0.5) is 0 Å². The molecule has 154 valence electrons. The lowest BCUT2D eigenvalue weighted by Gasteiger charge is -2.17. The van der Waals surface area contributed by atoms with Crippen molar-refractivity contribution in [3.63, 3.8) is 0 Å². The Bertz CT molecular complexity index is 1050. The van der Waals surface area contributed by atoms with Gasteiger partial charge in [-0.3, -0.25) is 4.79 Å². The van der Waals surface area contributed by atoms with Crippen LogP contribution in [0, 0.1) is 5.92 Å². The maximum absolute atomic E-state index is 12.2. The molecular weight excluding hydrogens is 402 g/mol. The van der Waals surface area contributed by atoms with Crippen LogP contribution in [0.25, 0.3) is 0 Å². The molecule has 0 N–H and O–H groups in total. The lowest BCUT2D eigenvalue weighted by atomic mass is 9.97. The molecule has 4 rings (SSSR count). The summed E-state index contributed by atoms with van der Waals surface area (Å²) in [6.45, 7) is 3.02. The van der Waals surface area contributed by atoms with Crippen molar-refractivity contribution in [2.24, 2.45) is 15.9 Å². The van der Waals surface area contributed by atoms with E-state index in [4.69, 9.17) is 9.47 Å². The van der Waals surface area contributed by atoms with E-state index >= 15 is 0 Å². The first-order valence-electron chi connectivity index (χ1n) is 9.54. The zero-order valence-electron chi connectivity index (χ0n) is 16.7. The van der Waals surface area contributed by atoms with Crippen LogP contribution >= 0.6 is 11.8 Å². The summed E-state index contributed by atoms with van der Waals surface area (Å²) in [5.41, 5.74) is 0.735. The highest BCUT2D eigenvalue weighted by Gasteiger charge is 2.26. The van der Waals surface area contributed by atoms with Crippen molar-refractivity contribution in [1.82, 2.24) is 14.8 Å². The third kappa shape index (κ3) is 4.35. The van der Waals surface area contributed by atoms with Gasteiger partial charge in [-0.1, -0.05) is 30.0 Å². The van der Waals surface area contributed by atoms with Crippen LogP contribution < -0.4 is 9.47 Å². The second-order valence-electron chi connectivity index (χ2n) is 6.52. The Morgan fingerprint density at radius 1 is 1.10 bits per heavy atom. The van der Waals surface area contributed by atoms with Crippen LogP contribution in [-0.2, 0) is 17.9 Å². The van der Waals surface area contributed by atoms with Crippen LogP contribution in [0.5, 0.6) is 11.5 Å². The quantitative estimate of drug-likeness (QED) is 0.606. The number of ether oxygens (including phenoxy) is 2. The molecule has 0 saturated heterocycles. The molecule has 1 unspecified atom stereocenters. The summed E-state index contributed by atoms with van der Waals surface area (Å²) in [5.74, 6) is 2.63. The molecule has 2 aliphatic rings. The van der Waals surface area contributed by atoms with E-state index in [9.17, 15) is 4.79 Å². The number of nitrogens with zero attached hydrogens (tertiary/aromatic N) is 5. The number of amides is 1. The molecule has 2 aromatic rings. The third-order valence-electron chi connectivity index (χ3n) is 4.63. The number of thioether (sulfide) groups is 1. The Balaban J connectivity index is 1.40. The van der Waals surface area contributed by atoms with Gasteiger partial charge in [-0.2, -0.15) is 4.99 Å². The Kier molecular flexibility index (Phi) is 6.08. The van der Waals surface area contributed by atoms with E-state index in [1.807, 2.05) is 60.1 Å². The summed E-state index contributed by atoms with van der Waals surface area (Å²) in [6.07, 6.45) is 7.39. The van der Waals surface area contributed by atoms with E-state index in [-0.39, 0.29) is 11.8 Å². The van der Waals surface area contributed by atoms with E-state index < -0.39 is 0 Å². The minimum atomic E-state index is -0.357. The Morgan fingerprint density at radius 2 is 1.90 bits per heavy atom. The molecule has 0 spiro atoms. The van der Waals surface area contributed by atoms with Gasteiger partial charge < -0.3 is 14.0 Å². The number of methoxy groups -OCH3 is 1. The fourth-order valence-corrected chi connectivity index (χ4v) is 3.96. The van der Waals surface area contributed by atoms with Crippen molar-refractivity contribution in [1.29, 1.82) is 0 Å². The van der Waals surface area contributed by atoms with Crippen molar-refractivity contribution < 1.29 is 14.3 Å². The molecule has 2 heterocycles. The predicted molar refractivity (Wildman–Crippen MR) is 115 cm³/mol. The van der Waals surface area contributed by atoms with Crippen LogP contribution in [0.15, 0.2) is 63.7 Å². The van der Waals surface area contributed by atoms with E-state index in [0.717, 1.165) is 28.2 Å². The van der Waals surface area contributed by atoms with E-state index in [1.54, 1.807) is 7.11 Å². The predicted octanol–water partition coefficient (Wildman–Crippen LogP) is 3.10. The minimum Gasteiger partial charge on any atom is -0.497 e. The molecule has 9 heteroatoms. The topological polar surface area (TPSA) is 91.0 Å². The van der Waals surface area contributed by atoms with Crippen LogP contribution in [0.2, 0.25) is 0 Å². The molecule has 1 aliphatic heterocycles. The Morgan fingerprint density at radius 3 is 2.67 bits per heavy atom. The summed E-state index contributed by atoms with van der Waals surface area (Å²) < 4.78 is 13.0. The molecule has 1 atom stereocenters. The molecule has 0 bridgehead atoms. The first kappa shape index (κ1) is 20.1. The standard InChI is InChI=1S/C21H21N5O3S/c1-3-26-19(12-29-15-10-8-14(28-2)9-11-15)24-25-21(26)30-13-18-22-17-7-5-4-6-16(17)20(27)23-18/h4-11,16H,3,12-13H2,1-2H3. The summed E-state index contributed by atoms with van der Waals surface area (Å²) >= 11 is 1.45. The third-order valence-corrected chi connectivity index (χ3v) is 5.59. The van der Waals surface area contributed by atoms with Crippen LogP contribution in [0.1, 0.15) is 12.7 Å².